The van der Waals surface area contributed by atoms with Crippen LogP contribution in [0.4, 0.5) is 0 Å². The first-order chi connectivity index (χ1) is 11.2. The van der Waals surface area contributed by atoms with Crippen molar-refractivity contribution in [3.8, 4) is 5.69 Å². The lowest BCUT2D eigenvalue weighted by atomic mass is 9.82. The van der Waals surface area contributed by atoms with Gasteiger partial charge in [-0.25, -0.2) is 9.48 Å². The van der Waals surface area contributed by atoms with E-state index in [2.05, 4.69) is 10.3 Å². The second kappa shape index (κ2) is 6.91. The Hall–Kier alpha value is -2.21. The summed E-state index contributed by atoms with van der Waals surface area (Å²) in [4.78, 5) is 12.0. The molecule has 0 saturated heterocycles. The zero-order valence-corrected chi connectivity index (χ0v) is 13.2. The Morgan fingerprint density at radius 2 is 2.26 bits per heavy atom. The van der Waals surface area contributed by atoms with Gasteiger partial charge >= 0.3 is 5.97 Å². The number of rotatable bonds is 6. The molecule has 0 unspecified atom stereocenters. The van der Waals surface area contributed by atoms with Crippen molar-refractivity contribution in [2.24, 2.45) is 0 Å². The molecule has 6 heteroatoms. The highest BCUT2D eigenvalue weighted by molar-refractivity contribution is 5.90. The van der Waals surface area contributed by atoms with E-state index in [1.54, 1.807) is 16.8 Å². The highest BCUT2D eigenvalue weighted by Crippen LogP contribution is 2.38. The van der Waals surface area contributed by atoms with E-state index in [1.807, 2.05) is 19.1 Å². The normalized spacial score (nSPS) is 14.5. The van der Waals surface area contributed by atoms with Crippen LogP contribution in [0.2, 0.25) is 0 Å². The fourth-order valence-electron chi connectivity index (χ4n) is 2.76. The quantitative estimate of drug-likeness (QED) is 0.829. The Morgan fingerprint density at radius 3 is 2.91 bits per heavy atom. The van der Waals surface area contributed by atoms with Gasteiger partial charge in [0.1, 0.15) is 5.69 Å². The molecule has 0 radical (unpaired) electrons. The summed E-state index contributed by atoms with van der Waals surface area (Å²) in [7, 11) is 0. The summed E-state index contributed by atoms with van der Waals surface area (Å²) in [6, 6.07) is 7.18. The number of ether oxygens (including phenoxy) is 1. The second-order valence-electron chi connectivity index (χ2n) is 5.81. The Bertz CT molecular complexity index is 692. The molecule has 1 fully saturated rings. The molecule has 0 atom stereocenters. The van der Waals surface area contributed by atoms with Gasteiger partial charge in [-0.1, -0.05) is 24.6 Å². The van der Waals surface area contributed by atoms with Gasteiger partial charge in [-0.3, -0.25) is 0 Å². The average Bonchev–Trinajstić information content (AvgIpc) is 2.94. The van der Waals surface area contributed by atoms with E-state index in [-0.39, 0.29) is 12.6 Å². The predicted molar refractivity (Wildman–Crippen MR) is 84.4 cm³/mol. The Labute approximate surface area is 135 Å². The van der Waals surface area contributed by atoms with Crippen LogP contribution >= 0.6 is 0 Å². The number of nitrogens with zero attached hydrogens (tertiary/aromatic N) is 3. The van der Waals surface area contributed by atoms with Crippen LogP contribution in [0.25, 0.3) is 5.69 Å². The molecule has 3 rings (SSSR count). The molecule has 0 spiro atoms. The van der Waals surface area contributed by atoms with Crippen molar-refractivity contribution in [2.75, 3.05) is 6.61 Å². The van der Waals surface area contributed by atoms with E-state index in [0.29, 0.717) is 23.8 Å². The summed E-state index contributed by atoms with van der Waals surface area (Å²) < 4.78 is 6.92. The zero-order chi connectivity index (χ0) is 16.2. The van der Waals surface area contributed by atoms with Gasteiger partial charge in [0.05, 0.1) is 30.2 Å². The van der Waals surface area contributed by atoms with Crippen LogP contribution in [0.5, 0.6) is 0 Å². The lowest BCUT2D eigenvalue weighted by Gasteiger charge is -2.26. The molecule has 2 aromatic rings. The van der Waals surface area contributed by atoms with Crippen molar-refractivity contribution in [2.45, 2.75) is 45.1 Å². The van der Waals surface area contributed by atoms with Crippen molar-refractivity contribution in [1.82, 2.24) is 15.0 Å². The number of benzene rings is 1. The monoisotopic (exact) mass is 315 g/mol. The van der Waals surface area contributed by atoms with Crippen LogP contribution in [0.1, 0.15) is 60.3 Å². The summed E-state index contributed by atoms with van der Waals surface area (Å²) in [5.74, 6) is 0.0456. The van der Waals surface area contributed by atoms with Gasteiger partial charge in [-0.2, -0.15) is 0 Å². The molecule has 1 aliphatic rings. The Morgan fingerprint density at radius 1 is 1.43 bits per heavy atom. The highest BCUT2D eigenvalue weighted by Gasteiger charge is 2.28. The lowest BCUT2D eigenvalue weighted by molar-refractivity contribution is 0.0505. The van der Waals surface area contributed by atoms with E-state index < -0.39 is 0 Å². The van der Waals surface area contributed by atoms with E-state index in [4.69, 9.17) is 4.74 Å². The largest absolute Gasteiger partial charge is 0.462 e. The van der Waals surface area contributed by atoms with Gasteiger partial charge in [0.15, 0.2) is 0 Å². The fraction of sp³-hybridized carbons (Fsp3) is 0.471. The van der Waals surface area contributed by atoms with Crippen molar-refractivity contribution in [3.63, 3.8) is 0 Å². The SMILES string of the molecule is CCCOC(=O)c1cccc(-n2nnc(CO)c2C2CCC2)c1. The number of carbonyl (C=O) groups is 1. The first-order valence-corrected chi connectivity index (χ1v) is 8.07. The molecule has 122 valence electrons. The van der Waals surface area contributed by atoms with Gasteiger partial charge in [0, 0.05) is 5.92 Å². The third kappa shape index (κ3) is 3.12. The van der Waals surface area contributed by atoms with Gasteiger partial charge in [-0.05, 0) is 37.5 Å². The Balaban J connectivity index is 1.93. The van der Waals surface area contributed by atoms with Gasteiger partial charge < -0.3 is 9.84 Å². The van der Waals surface area contributed by atoms with Crippen LogP contribution in [0.3, 0.4) is 0 Å². The fourth-order valence-corrected chi connectivity index (χ4v) is 2.76. The third-order valence-electron chi connectivity index (χ3n) is 4.18. The number of aromatic nitrogens is 3. The molecule has 23 heavy (non-hydrogen) atoms. The van der Waals surface area contributed by atoms with Crippen LogP contribution in [-0.2, 0) is 11.3 Å². The van der Waals surface area contributed by atoms with Crippen molar-refractivity contribution >= 4 is 5.97 Å². The maximum absolute atomic E-state index is 12.0. The van der Waals surface area contributed by atoms with Crippen molar-refractivity contribution in [1.29, 1.82) is 0 Å². The molecule has 1 saturated carbocycles. The maximum Gasteiger partial charge on any atom is 0.338 e. The molecule has 0 aliphatic heterocycles. The minimum atomic E-state index is -0.332. The van der Waals surface area contributed by atoms with E-state index in [1.165, 1.54) is 6.42 Å². The smallest absolute Gasteiger partial charge is 0.338 e. The number of hydrogen-bond acceptors (Lipinski definition) is 5. The van der Waals surface area contributed by atoms with E-state index in [0.717, 1.165) is 30.6 Å². The predicted octanol–water partition coefficient (Wildman–Crippen LogP) is 2.59. The molecular formula is C17H21N3O3. The van der Waals surface area contributed by atoms with Crippen LogP contribution in [0.15, 0.2) is 24.3 Å². The van der Waals surface area contributed by atoms with Crippen LogP contribution in [-0.4, -0.2) is 32.7 Å². The van der Waals surface area contributed by atoms with Gasteiger partial charge in [-0.15, -0.1) is 5.10 Å². The minimum absolute atomic E-state index is 0.121. The number of aliphatic hydroxyl groups excluding tert-OH is 1. The Kier molecular flexibility index (Phi) is 4.71. The number of esters is 1. The molecule has 1 aromatic carbocycles. The van der Waals surface area contributed by atoms with Crippen LogP contribution in [0, 0.1) is 0 Å². The van der Waals surface area contributed by atoms with Crippen molar-refractivity contribution in [3.05, 3.63) is 41.2 Å². The number of carbonyl (C=O) groups excluding carboxylic acids is 1. The summed E-state index contributed by atoms with van der Waals surface area (Å²) >= 11 is 0. The van der Waals surface area contributed by atoms with Crippen LogP contribution < -0.4 is 0 Å². The third-order valence-corrected chi connectivity index (χ3v) is 4.18. The van der Waals surface area contributed by atoms with E-state index in [9.17, 15) is 9.90 Å². The summed E-state index contributed by atoms with van der Waals surface area (Å²) in [5, 5.41) is 17.8. The summed E-state index contributed by atoms with van der Waals surface area (Å²) in [6.07, 6.45) is 4.14. The van der Waals surface area contributed by atoms with E-state index >= 15 is 0 Å². The molecule has 0 bridgehead atoms. The molecule has 1 heterocycles. The summed E-state index contributed by atoms with van der Waals surface area (Å²) in [6.45, 7) is 2.25. The molecule has 1 aliphatic carbocycles. The zero-order valence-electron chi connectivity index (χ0n) is 13.2. The van der Waals surface area contributed by atoms with Gasteiger partial charge in [0.25, 0.3) is 0 Å². The van der Waals surface area contributed by atoms with Gasteiger partial charge in [0.2, 0.25) is 0 Å². The molecule has 6 nitrogen and oxygen atoms in total. The topological polar surface area (TPSA) is 77.2 Å². The average molecular weight is 315 g/mol. The molecular weight excluding hydrogens is 294 g/mol. The number of aliphatic hydroxyl groups is 1. The lowest BCUT2D eigenvalue weighted by Crippen LogP contribution is -2.16. The first kappa shape index (κ1) is 15.7. The molecule has 1 aromatic heterocycles. The highest BCUT2D eigenvalue weighted by atomic mass is 16.5. The minimum Gasteiger partial charge on any atom is -0.462 e. The number of hydrogen-bond donors (Lipinski definition) is 1. The summed E-state index contributed by atoms with van der Waals surface area (Å²) in [5.41, 5.74) is 2.84. The molecule has 1 N–H and O–H groups in total. The maximum atomic E-state index is 12.0. The standard InChI is InChI=1S/C17H21N3O3/c1-2-9-23-17(22)13-7-4-8-14(10-13)20-16(12-5-3-6-12)15(11-21)18-19-20/h4,7-8,10,12,21H,2-3,5-6,9,11H2,1H3. The second-order valence-corrected chi connectivity index (χ2v) is 5.81. The molecule has 0 amide bonds. The van der Waals surface area contributed by atoms with Crippen molar-refractivity contribution < 1.29 is 14.6 Å². The first-order valence-electron chi connectivity index (χ1n) is 8.07.